The number of carbonyl (C=O) groups is 1. The van der Waals surface area contributed by atoms with Gasteiger partial charge in [0.25, 0.3) is 5.56 Å². The summed E-state index contributed by atoms with van der Waals surface area (Å²) in [6.45, 7) is 12.6. The molecule has 2 aromatic rings. The number of nitrogens with zero attached hydrogens (tertiary/aromatic N) is 3. The maximum absolute atomic E-state index is 12.5. The van der Waals surface area contributed by atoms with Gasteiger partial charge >= 0.3 is 6.09 Å². The second kappa shape index (κ2) is 7.07. The molecular formula is C20H28N4O4. The smallest absolute Gasteiger partial charge is 0.410 e. The number of hydrogen-bond donors (Lipinski definition) is 1. The molecule has 1 aliphatic rings. The van der Waals surface area contributed by atoms with Crippen LogP contribution in [0.15, 0.2) is 15.4 Å². The third-order valence-electron chi connectivity index (χ3n) is 4.25. The molecule has 0 atom stereocenters. The van der Waals surface area contributed by atoms with Crippen molar-refractivity contribution in [1.29, 1.82) is 0 Å². The van der Waals surface area contributed by atoms with E-state index in [0.717, 1.165) is 11.3 Å². The molecule has 1 N–H and O–H groups in total. The van der Waals surface area contributed by atoms with E-state index in [4.69, 9.17) is 9.26 Å². The summed E-state index contributed by atoms with van der Waals surface area (Å²) in [5.41, 5.74) is 1.21. The Hall–Kier alpha value is -2.64. The number of aromatic nitrogens is 3. The molecule has 0 aliphatic carbocycles. The molecule has 1 amide bonds. The van der Waals surface area contributed by atoms with Crippen LogP contribution in [0.5, 0.6) is 0 Å². The second-order valence-corrected chi connectivity index (χ2v) is 9.42. The fourth-order valence-electron chi connectivity index (χ4n) is 3.05. The largest absolute Gasteiger partial charge is 0.444 e. The molecular weight excluding hydrogens is 360 g/mol. The highest BCUT2D eigenvalue weighted by Gasteiger charge is 2.27. The predicted molar refractivity (Wildman–Crippen MR) is 104 cm³/mol. The van der Waals surface area contributed by atoms with Crippen LogP contribution in [0.1, 0.15) is 58.7 Å². The summed E-state index contributed by atoms with van der Waals surface area (Å²) < 4.78 is 10.8. The van der Waals surface area contributed by atoms with Gasteiger partial charge in [0, 0.05) is 25.1 Å². The van der Waals surface area contributed by atoms with Gasteiger partial charge in [0.15, 0.2) is 0 Å². The van der Waals surface area contributed by atoms with Crippen LogP contribution in [0.25, 0.3) is 11.4 Å². The van der Waals surface area contributed by atoms with E-state index in [1.54, 1.807) is 11.0 Å². The van der Waals surface area contributed by atoms with Gasteiger partial charge in [0.2, 0.25) is 11.7 Å². The molecule has 0 aromatic carbocycles. The monoisotopic (exact) mass is 388 g/mol. The maximum Gasteiger partial charge on any atom is 0.410 e. The predicted octanol–water partition coefficient (Wildman–Crippen LogP) is 3.31. The number of nitrogens with one attached hydrogen (secondary N) is 1. The maximum atomic E-state index is 12.5. The SMILES string of the molecule is CC(C)(C)Cc1nc(-c2cc3c([nH]c2=O)CCN(C(=O)OC(C)(C)C)C3)no1. The lowest BCUT2D eigenvalue weighted by atomic mass is 9.92. The fourth-order valence-corrected chi connectivity index (χ4v) is 3.05. The standard InChI is InChI=1S/C20H28N4O4/c1-19(2,3)10-15-22-16(23-28-15)13-9-12-11-24(18(26)27-20(4,5)6)8-7-14(12)21-17(13)25/h9H,7-8,10-11H2,1-6H3,(H,21,25). The van der Waals surface area contributed by atoms with Gasteiger partial charge in [0.05, 0.1) is 12.1 Å². The van der Waals surface area contributed by atoms with E-state index in [1.165, 1.54) is 0 Å². The van der Waals surface area contributed by atoms with Gasteiger partial charge in [-0.3, -0.25) is 4.79 Å². The fraction of sp³-hybridized carbons (Fsp3) is 0.600. The molecule has 28 heavy (non-hydrogen) atoms. The Bertz CT molecular complexity index is 931. The van der Waals surface area contributed by atoms with Crippen molar-refractivity contribution in [3.63, 3.8) is 0 Å². The van der Waals surface area contributed by atoms with Gasteiger partial charge in [-0.15, -0.1) is 0 Å². The van der Waals surface area contributed by atoms with Crippen LogP contribution in [0, 0.1) is 5.41 Å². The summed E-state index contributed by atoms with van der Waals surface area (Å²) in [6.07, 6.45) is 0.818. The number of amides is 1. The Balaban J connectivity index is 1.85. The van der Waals surface area contributed by atoms with Crippen LogP contribution < -0.4 is 5.56 Å². The van der Waals surface area contributed by atoms with Crippen LogP contribution >= 0.6 is 0 Å². The average Bonchev–Trinajstić information content (AvgIpc) is 2.98. The molecule has 2 aromatic heterocycles. The quantitative estimate of drug-likeness (QED) is 0.847. The number of hydrogen-bond acceptors (Lipinski definition) is 6. The molecule has 0 radical (unpaired) electrons. The third-order valence-corrected chi connectivity index (χ3v) is 4.25. The summed E-state index contributed by atoms with van der Waals surface area (Å²) in [5, 5.41) is 3.97. The number of carbonyl (C=O) groups excluding carboxylic acids is 1. The minimum atomic E-state index is -0.554. The summed E-state index contributed by atoms with van der Waals surface area (Å²) in [4.78, 5) is 33.8. The van der Waals surface area contributed by atoms with Gasteiger partial charge in [0.1, 0.15) is 5.60 Å². The molecule has 0 bridgehead atoms. The lowest BCUT2D eigenvalue weighted by Gasteiger charge is -2.31. The Morgan fingerprint density at radius 2 is 2.00 bits per heavy atom. The first-order valence-electron chi connectivity index (χ1n) is 9.47. The first kappa shape index (κ1) is 20.1. The van der Waals surface area contributed by atoms with E-state index in [-0.39, 0.29) is 22.9 Å². The number of pyridine rings is 1. The van der Waals surface area contributed by atoms with E-state index >= 15 is 0 Å². The van der Waals surface area contributed by atoms with Gasteiger partial charge < -0.3 is 19.1 Å². The van der Waals surface area contributed by atoms with E-state index in [2.05, 4.69) is 35.9 Å². The number of rotatable bonds is 2. The lowest BCUT2D eigenvalue weighted by Crippen LogP contribution is -2.40. The van der Waals surface area contributed by atoms with Crippen molar-refractivity contribution >= 4 is 6.09 Å². The molecule has 8 heteroatoms. The summed E-state index contributed by atoms with van der Waals surface area (Å²) >= 11 is 0. The van der Waals surface area contributed by atoms with Crippen molar-refractivity contribution in [3.8, 4) is 11.4 Å². The highest BCUT2D eigenvalue weighted by molar-refractivity contribution is 5.69. The highest BCUT2D eigenvalue weighted by atomic mass is 16.6. The van der Waals surface area contributed by atoms with Crippen molar-refractivity contribution in [2.45, 2.75) is 66.5 Å². The molecule has 1 aliphatic heterocycles. The Labute approximate surface area is 164 Å². The molecule has 0 fully saturated rings. The topological polar surface area (TPSA) is 101 Å². The molecule has 8 nitrogen and oxygen atoms in total. The van der Waals surface area contributed by atoms with E-state index in [1.807, 2.05) is 20.8 Å². The first-order chi connectivity index (χ1) is 12.9. The minimum Gasteiger partial charge on any atom is -0.444 e. The number of fused-ring (bicyclic) bond motifs is 1. The normalized spacial score (nSPS) is 14.7. The van der Waals surface area contributed by atoms with Crippen LogP contribution in [-0.4, -0.2) is 38.3 Å². The van der Waals surface area contributed by atoms with Crippen molar-refractivity contribution in [3.05, 3.63) is 33.6 Å². The van der Waals surface area contributed by atoms with Gasteiger partial charge in [-0.1, -0.05) is 25.9 Å². The highest BCUT2D eigenvalue weighted by Crippen LogP contribution is 2.24. The van der Waals surface area contributed by atoms with Crippen molar-refractivity contribution in [2.24, 2.45) is 5.41 Å². The summed E-state index contributed by atoms with van der Waals surface area (Å²) in [5.74, 6) is 0.757. The third kappa shape index (κ3) is 4.79. The van der Waals surface area contributed by atoms with Crippen LogP contribution in [-0.2, 0) is 24.1 Å². The second-order valence-electron chi connectivity index (χ2n) is 9.42. The van der Waals surface area contributed by atoms with E-state index in [9.17, 15) is 9.59 Å². The number of aromatic amines is 1. The van der Waals surface area contributed by atoms with Crippen molar-refractivity contribution < 1.29 is 14.1 Å². The molecule has 0 spiro atoms. The Kier molecular flexibility index (Phi) is 5.08. The molecule has 3 rings (SSSR count). The first-order valence-corrected chi connectivity index (χ1v) is 9.47. The van der Waals surface area contributed by atoms with Gasteiger partial charge in [-0.25, -0.2) is 4.79 Å². The average molecular weight is 388 g/mol. The molecule has 152 valence electrons. The van der Waals surface area contributed by atoms with Crippen LogP contribution in [0.3, 0.4) is 0 Å². The molecule has 3 heterocycles. The zero-order valence-electron chi connectivity index (χ0n) is 17.4. The van der Waals surface area contributed by atoms with Crippen molar-refractivity contribution in [1.82, 2.24) is 20.0 Å². The van der Waals surface area contributed by atoms with E-state index < -0.39 is 5.60 Å². The van der Waals surface area contributed by atoms with Gasteiger partial charge in [-0.05, 0) is 37.8 Å². The molecule has 0 saturated carbocycles. The summed E-state index contributed by atoms with van der Waals surface area (Å²) in [6, 6.07) is 1.75. The number of H-pyrrole nitrogens is 1. The molecule has 0 saturated heterocycles. The Morgan fingerprint density at radius 3 is 2.64 bits per heavy atom. The van der Waals surface area contributed by atoms with Crippen LogP contribution in [0.2, 0.25) is 0 Å². The Morgan fingerprint density at radius 1 is 1.29 bits per heavy atom. The lowest BCUT2D eigenvalue weighted by molar-refractivity contribution is 0.0222. The minimum absolute atomic E-state index is 0.00000722. The van der Waals surface area contributed by atoms with Gasteiger partial charge in [-0.2, -0.15) is 4.98 Å². The summed E-state index contributed by atoms with van der Waals surface area (Å²) in [7, 11) is 0. The zero-order valence-corrected chi connectivity index (χ0v) is 17.4. The molecule has 0 unspecified atom stereocenters. The zero-order chi connectivity index (χ0) is 20.7. The number of ether oxygens (including phenoxy) is 1. The van der Waals surface area contributed by atoms with Crippen LogP contribution in [0.4, 0.5) is 4.79 Å². The van der Waals surface area contributed by atoms with Crippen molar-refractivity contribution in [2.75, 3.05) is 6.54 Å². The van der Waals surface area contributed by atoms with E-state index in [0.29, 0.717) is 37.4 Å².